The Bertz CT molecular complexity index is 1740. The van der Waals surface area contributed by atoms with Crippen molar-refractivity contribution in [3.05, 3.63) is 98.1 Å². The zero-order valence-corrected chi connectivity index (χ0v) is 21.3. The molecule has 0 bridgehead atoms. The van der Waals surface area contributed by atoms with Crippen molar-refractivity contribution in [2.45, 2.75) is 13.1 Å². The Morgan fingerprint density at radius 3 is 2.62 bits per heavy atom. The molecule has 0 aliphatic heterocycles. The Morgan fingerprint density at radius 1 is 1.15 bits per heavy atom. The van der Waals surface area contributed by atoms with Crippen molar-refractivity contribution in [1.82, 2.24) is 14.6 Å². The number of hydrogen-bond acceptors (Lipinski definition) is 7. The van der Waals surface area contributed by atoms with E-state index in [9.17, 15) is 28.1 Å². The third kappa shape index (κ3) is 5.54. The van der Waals surface area contributed by atoms with E-state index in [4.69, 9.17) is 16.3 Å². The number of halogens is 4. The number of amides is 1. The first kappa shape index (κ1) is 26.1. The summed E-state index contributed by atoms with van der Waals surface area (Å²) in [5, 5.41) is 19.9. The Hall–Kier alpha value is -4.49. The van der Waals surface area contributed by atoms with E-state index in [1.807, 2.05) is 0 Å². The van der Waals surface area contributed by atoms with Gasteiger partial charge in [-0.15, -0.1) is 11.3 Å². The Labute approximate surface area is 226 Å². The highest BCUT2D eigenvalue weighted by Gasteiger charge is 2.36. The standard InChI is InChI=1S/C25H15ClF3N5O4S/c1-13-7-14(26)4-5-20(13)38-17-9-15(8-16(10-17)34(36)37)30-24(35)19-12-23-31-18(21-3-2-6-39-21)11-22(25(27,28)29)33(23)32-19/h2-12H,1H3,(H,30,35). The van der Waals surface area contributed by atoms with Gasteiger partial charge in [0, 0.05) is 23.2 Å². The second-order valence-corrected chi connectivity index (χ2v) is 9.62. The van der Waals surface area contributed by atoms with E-state index in [0.717, 1.165) is 18.2 Å². The van der Waals surface area contributed by atoms with Gasteiger partial charge in [0.25, 0.3) is 11.6 Å². The maximum absolute atomic E-state index is 13.8. The number of nitrogens with zero attached hydrogens (tertiary/aromatic N) is 4. The number of fused-ring (bicyclic) bond motifs is 1. The molecule has 3 aromatic heterocycles. The molecule has 0 saturated heterocycles. The normalized spacial score (nSPS) is 11.5. The van der Waals surface area contributed by atoms with Crippen LogP contribution in [0.1, 0.15) is 21.7 Å². The monoisotopic (exact) mass is 573 g/mol. The number of thiophene rings is 1. The van der Waals surface area contributed by atoms with Crippen LogP contribution in [0.3, 0.4) is 0 Å². The van der Waals surface area contributed by atoms with Crippen molar-refractivity contribution in [2.75, 3.05) is 5.32 Å². The van der Waals surface area contributed by atoms with Crippen LogP contribution in [0.2, 0.25) is 5.02 Å². The van der Waals surface area contributed by atoms with E-state index in [-0.39, 0.29) is 34.2 Å². The van der Waals surface area contributed by atoms with E-state index < -0.39 is 22.7 Å². The SMILES string of the molecule is Cc1cc(Cl)ccc1Oc1cc(NC(=O)c2cc3nc(-c4cccs4)cc(C(F)(F)F)n3n2)cc([N+](=O)[O-])c1. The number of benzene rings is 2. The molecule has 0 aliphatic carbocycles. The molecule has 2 aromatic carbocycles. The minimum absolute atomic E-state index is 0.0313. The highest BCUT2D eigenvalue weighted by Crippen LogP contribution is 2.35. The average Bonchev–Trinajstić information content (AvgIpc) is 3.54. The van der Waals surface area contributed by atoms with Crippen molar-refractivity contribution in [2.24, 2.45) is 0 Å². The highest BCUT2D eigenvalue weighted by atomic mass is 35.5. The number of anilines is 1. The van der Waals surface area contributed by atoms with Crippen LogP contribution in [-0.4, -0.2) is 25.4 Å². The van der Waals surface area contributed by atoms with Crippen LogP contribution >= 0.6 is 22.9 Å². The van der Waals surface area contributed by atoms with Crippen LogP contribution in [-0.2, 0) is 6.18 Å². The molecule has 1 amide bonds. The minimum Gasteiger partial charge on any atom is -0.457 e. The lowest BCUT2D eigenvalue weighted by Crippen LogP contribution is -2.15. The number of carbonyl (C=O) groups is 1. The molecule has 5 rings (SSSR count). The van der Waals surface area contributed by atoms with Crippen molar-refractivity contribution >= 4 is 45.9 Å². The summed E-state index contributed by atoms with van der Waals surface area (Å²) >= 11 is 7.17. The van der Waals surface area contributed by atoms with E-state index in [0.29, 0.717) is 25.7 Å². The number of non-ortho nitro benzene ring substituents is 1. The molecular formula is C25H15ClF3N5O4S. The fourth-order valence-electron chi connectivity index (χ4n) is 3.71. The number of ether oxygens (including phenoxy) is 1. The van der Waals surface area contributed by atoms with Crippen molar-refractivity contribution in [3.63, 3.8) is 0 Å². The van der Waals surface area contributed by atoms with Crippen LogP contribution in [0.25, 0.3) is 16.2 Å². The van der Waals surface area contributed by atoms with Crippen molar-refractivity contribution < 1.29 is 27.6 Å². The number of carbonyl (C=O) groups excluding carboxylic acids is 1. The van der Waals surface area contributed by atoms with E-state index in [1.54, 1.807) is 42.6 Å². The summed E-state index contributed by atoms with van der Waals surface area (Å²) in [7, 11) is 0. The van der Waals surface area contributed by atoms with Crippen LogP contribution in [0, 0.1) is 17.0 Å². The third-order valence-corrected chi connectivity index (χ3v) is 6.58. The van der Waals surface area contributed by atoms with Crippen molar-refractivity contribution in [1.29, 1.82) is 0 Å². The fourth-order valence-corrected chi connectivity index (χ4v) is 4.62. The lowest BCUT2D eigenvalue weighted by molar-refractivity contribution is -0.384. The second kappa shape index (κ2) is 10.0. The highest BCUT2D eigenvalue weighted by molar-refractivity contribution is 7.13. The van der Waals surface area contributed by atoms with E-state index in [1.165, 1.54) is 23.5 Å². The van der Waals surface area contributed by atoms with Gasteiger partial charge in [0.15, 0.2) is 17.0 Å². The van der Waals surface area contributed by atoms with E-state index >= 15 is 0 Å². The molecule has 39 heavy (non-hydrogen) atoms. The first-order chi connectivity index (χ1) is 18.5. The molecule has 5 aromatic rings. The van der Waals surface area contributed by atoms with Gasteiger partial charge in [0.05, 0.1) is 27.2 Å². The molecule has 0 aliphatic rings. The van der Waals surface area contributed by atoms with Crippen molar-refractivity contribution in [3.8, 4) is 22.1 Å². The minimum atomic E-state index is -4.78. The van der Waals surface area contributed by atoms with Gasteiger partial charge in [0.2, 0.25) is 0 Å². The van der Waals surface area contributed by atoms with Crippen LogP contribution in [0.4, 0.5) is 24.5 Å². The second-order valence-electron chi connectivity index (χ2n) is 8.24. The van der Waals surface area contributed by atoms with Crippen LogP contribution in [0.15, 0.2) is 66.0 Å². The first-order valence-electron chi connectivity index (χ1n) is 11.0. The number of alkyl halides is 3. The molecule has 0 unspecified atom stereocenters. The summed E-state index contributed by atoms with van der Waals surface area (Å²) in [6, 6.07) is 13.7. The Morgan fingerprint density at radius 2 is 1.95 bits per heavy atom. The number of nitro groups is 1. The predicted molar refractivity (Wildman–Crippen MR) is 139 cm³/mol. The smallest absolute Gasteiger partial charge is 0.433 e. The summed E-state index contributed by atoms with van der Waals surface area (Å²) in [6.45, 7) is 1.73. The maximum atomic E-state index is 13.8. The average molecular weight is 574 g/mol. The third-order valence-electron chi connectivity index (χ3n) is 5.45. The predicted octanol–water partition coefficient (Wildman–Crippen LogP) is 7.39. The fraction of sp³-hybridized carbons (Fsp3) is 0.0800. The Kier molecular flexibility index (Phi) is 6.70. The molecule has 0 radical (unpaired) electrons. The molecule has 3 heterocycles. The van der Waals surface area contributed by atoms with Gasteiger partial charge in [-0.05, 0) is 48.2 Å². The van der Waals surface area contributed by atoms with Gasteiger partial charge in [-0.1, -0.05) is 17.7 Å². The number of rotatable bonds is 6. The largest absolute Gasteiger partial charge is 0.457 e. The molecule has 0 fully saturated rings. The molecule has 9 nitrogen and oxygen atoms in total. The lowest BCUT2D eigenvalue weighted by atomic mass is 10.2. The summed E-state index contributed by atoms with van der Waals surface area (Å²) in [6.07, 6.45) is -4.78. The molecule has 0 saturated carbocycles. The van der Waals surface area contributed by atoms with Crippen LogP contribution < -0.4 is 10.1 Å². The van der Waals surface area contributed by atoms with E-state index in [2.05, 4.69) is 15.4 Å². The van der Waals surface area contributed by atoms with Crippen LogP contribution in [0.5, 0.6) is 11.5 Å². The van der Waals surface area contributed by atoms with Gasteiger partial charge in [-0.3, -0.25) is 14.9 Å². The summed E-state index contributed by atoms with van der Waals surface area (Å²) in [5.74, 6) is -0.480. The van der Waals surface area contributed by atoms with Gasteiger partial charge < -0.3 is 10.1 Å². The Balaban J connectivity index is 1.49. The number of nitrogens with one attached hydrogen (secondary N) is 1. The molecule has 14 heteroatoms. The van der Waals surface area contributed by atoms with Gasteiger partial charge >= 0.3 is 6.18 Å². The molecule has 0 spiro atoms. The van der Waals surface area contributed by atoms with Gasteiger partial charge in [0.1, 0.15) is 11.5 Å². The zero-order chi connectivity index (χ0) is 27.9. The first-order valence-corrected chi connectivity index (χ1v) is 12.3. The zero-order valence-electron chi connectivity index (χ0n) is 19.7. The van der Waals surface area contributed by atoms with Gasteiger partial charge in [-0.25, -0.2) is 9.50 Å². The number of hydrogen-bond donors (Lipinski definition) is 1. The topological polar surface area (TPSA) is 112 Å². The summed E-state index contributed by atoms with van der Waals surface area (Å²) < 4.78 is 47.8. The molecule has 0 atom stereocenters. The quantitative estimate of drug-likeness (QED) is 0.167. The number of aromatic nitrogens is 3. The summed E-state index contributed by atoms with van der Waals surface area (Å²) in [4.78, 5) is 28.5. The molecule has 198 valence electrons. The van der Waals surface area contributed by atoms with Gasteiger partial charge in [-0.2, -0.15) is 18.3 Å². The molecule has 1 N–H and O–H groups in total. The maximum Gasteiger partial charge on any atom is 0.433 e. The number of nitro benzene ring substituents is 1. The molecular weight excluding hydrogens is 559 g/mol. The lowest BCUT2D eigenvalue weighted by Gasteiger charge is -2.11. The summed E-state index contributed by atoms with van der Waals surface area (Å²) in [5.41, 5.74) is -1.35. The number of aryl methyl sites for hydroxylation is 1.